The largest absolute Gasteiger partial charge is 0.337 e. The van der Waals surface area contributed by atoms with Gasteiger partial charge < -0.3 is 16.0 Å². The average molecular weight is 483 g/mol. The summed E-state index contributed by atoms with van der Waals surface area (Å²) in [7, 11) is -3.63. The number of benzene rings is 2. The standard InChI is InChI=1S/C19H23BrN4O4S/c1-13-3-6-16(7-4-13)29(27,28)23-10-9-21-19(26)22-12-18(25)24-17-8-5-15(20)11-14(17)2/h3-8,11,23H,9-10,12H2,1-2H3,(H,24,25)(H2,21,22,26). The van der Waals surface area contributed by atoms with Crippen molar-refractivity contribution < 1.29 is 18.0 Å². The Balaban J connectivity index is 1.69. The van der Waals surface area contributed by atoms with Crippen molar-refractivity contribution in [1.82, 2.24) is 15.4 Å². The van der Waals surface area contributed by atoms with Crippen LogP contribution in [0.5, 0.6) is 0 Å². The van der Waals surface area contributed by atoms with Crippen LogP contribution in [-0.4, -0.2) is 40.0 Å². The number of sulfonamides is 1. The Labute approximate surface area is 178 Å². The molecule has 0 heterocycles. The second-order valence-electron chi connectivity index (χ2n) is 6.33. The Kier molecular flexibility index (Phi) is 8.18. The van der Waals surface area contributed by atoms with Gasteiger partial charge in [-0.3, -0.25) is 4.79 Å². The Morgan fingerprint density at radius 1 is 0.966 bits per heavy atom. The summed E-state index contributed by atoms with van der Waals surface area (Å²) in [6.07, 6.45) is 0. The third-order valence-electron chi connectivity index (χ3n) is 3.91. The number of rotatable bonds is 8. The van der Waals surface area contributed by atoms with Crippen molar-refractivity contribution >= 4 is 43.6 Å². The average Bonchev–Trinajstić information content (AvgIpc) is 2.66. The number of urea groups is 1. The molecule has 0 unspecified atom stereocenters. The second kappa shape index (κ2) is 10.4. The number of halogens is 1. The second-order valence-corrected chi connectivity index (χ2v) is 9.01. The molecule has 0 spiro atoms. The Morgan fingerprint density at radius 2 is 1.66 bits per heavy atom. The number of nitrogens with one attached hydrogen (secondary N) is 4. The fourth-order valence-electron chi connectivity index (χ4n) is 2.35. The number of hydrogen-bond donors (Lipinski definition) is 4. The molecule has 29 heavy (non-hydrogen) atoms. The van der Waals surface area contributed by atoms with Crippen LogP contribution in [0.4, 0.5) is 10.5 Å². The van der Waals surface area contributed by atoms with E-state index in [0.29, 0.717) is 5.69 Å². The summed E-state index contributed by atoms with van der Waals surface area (Å²) in [6, 6.07) is 11.3. The summed E-state index contributed by atoms with van der Waals surface area (Å²) in [5, 5.41) is 7.62. The topological polar surface area (TPSA) is 116 Å². The maximum absolute atomic E-state index is 12.1. The highest BCUT2D eigenvalue weighted by Gasteiger charge is 2.13. The first-order chi connectivity index (χ1) is 13.7. The van der Waals surface area contributed by atoms with Crippen LogP contribution in [0.15, 0.2) is 51.8 Å². The molecular weight excluding hydrogens is 460 g/mol. The number of carbonyl (C=O) groups is 2. The molecule has 2 aromatic carbocycles. The van der Waals surface area contributed by atoms with Gasteiger partial charge in [-0.1, -0.05) is 33.6 Å². The van der Waals surface area contributed by atoms with Crippen LogP contribution in [0.3, 0.4) is 0 Å². The molecule has 0 saturated carbocycles. The maximum Gasteiger partial charge on any atom is 0.315 e. The molecular formula is C19H23BrN4O4S. The minimum Gasteiger partial charge on any atom is -0.337 e. The van der Waals surface area contributed by atoms with Crippen LogP contribution in [0.1, 0.15) is 11.1 Å². The van der Waals surface area contributed by atoms with Crippen molar-refractivity contribution in [3.63, 3.8) is 0 Å². The molecule has 8 nitrogen and oxygen atoms in total. The lowest BCUT2D eigenvalue weighted by molar-refractivity contribution is -0.115. The van der Waals surface area contributed by atoms with Crippen molar-refractivity contribution in [3.05, 3.63) is 58.1 Å². The lowest BCUT2D eigenvalue weighted by Gasteiger charge is -2.11. The molecule has 4 N–H and O–H groups in total. The third-order valence-corrected chi connectivity index (χ3v) is 5.88. The van der Waals surface area contributed by atoms with Crippen LogP contribution >= 0.6 is 15.9 Å². The first kappa shape index (κ1) is 22.9. The summed E-state index contributed by atoms with van der Waals surface area (Å²) in [5.41, 5.74) is 2.51. The summed E-state index contributed by atoms with van der Waals surface area (Å²) in [5.74, 6) is -0.370. The van der Waals surface area contributed by atoms with Gasteiger partial charge in [-0.25, -0.2) is 17.9 Å². The maximum atomic E-state index is 12.1. The third kappa shape index (κ3) is 7.48. The number of anilines is 1. The summed E-state index contributed by atoms with van der Waals surface area (Å²) < 4.78 is 27.6. The van der Waals surface area contributed by atoms with Crippen molar-refractivity contribution in [2.45, 2.75) is 18.7 Å². The molecule has 3 amide bonds. The molecule has 0 aliphatic rings. The van der Waals surface area contributed by atoms with E-state index >= 15 is 0 Å². The molecule has 0 bridgehead atoms. The molecule has 0 aliphatic heterocycles. The first-order valence-electron chi connectivity index (χ1n) is 8.81. The van der Waals surface area contributed by atoms with Gasteiger partial charge in [0.1, 0.15) is 0 Å². The monoisotopic (exact) mass is 482 g/mol. The van der Waals surface area contributed by atoms with E-state index in [-0.39, 0.29) is 30.4 Å². The van der Waals surface area contributed by atoms with Gasteiger partial charge >= 0.3 is 6.03 Å². The van der Waals surface area contributed by atoms with Crippen molar-refractivity contribution in [1.29, 1.82) is 0 Å². The molecule has 156 valence electrons. The molecule has 0 fully saturated rings. The number of hydrogen-bond acceptors (Lipinski definition) is 4. The van der Waals surface area contributed by atoms with Gasteiger partial charge in [-0.05, 0) is 49.7 Å². The van der Waals surface area contributed by atoms with Gasteiger partial charge in [0.05, 0.1) is 11.4 Å². The van der Waals surface area contributed by atoms with Crippen molar-refractivity contribution in [3.8, 4) is 0 Å². The lowest BCUT2D eigenvalue weighted by Crippen LogP contribution is -2.43. The molecule has 2 rings (SSSR count). The predicted octanol–water partition coefficient (Wildman–Crippen LogP) is 2.28. The van der Waals surface area contributed by atoms with E-state index in [1.165, 1.54) is 12.1 Å². The molecule has 2 aromatic rings. The van der Waals surface area contributed by atoms with Crippen LogP contribution in [0.25, 0.3) is 0 Å². The number of aryl methyl sites for hydroxylation is 2. The zero-order valence-electron chi connectivity index (χ0n) is 16.1. The smallest absolute Gasteiger partial charge is 0.315 e. The molecule has 0 aromatic heterocycles. The minimum absolute atomic E-state index is 0.0217. The fraction of sp³-hybridized carbons (Fsp3) is 0.263. The summed E-state index contributed by atoms with van der Waals surface area (Å²) in [6.45, 7) is 3.61. The van der Waals surface area contributed by atoms with Gasteiger partial charge in [-0.15, -0.1) is 0 Å². The zero-order chi connectivity index (χ0) is 21.4. The zero-order valence-corrected chi connectivity index (χ0v) is 18.5. The van der Waals surface area contributed by atoms with E-state index in [4.69, 9.17) is 0 Å². The van der Waals surface area contributed by atoms with Crippen LogP contribution in [0.2, 0.25) is 0 Å². The molecule has 0 aliphatic carbocycles. The van der Waals surface area contributed by atoms with Crippen LogP contribution in [-0.2, 0) is 14.8 Å². The highest BCUT2D eigenvalue weighted by molar-refractivity contribution is 9.10. The molecule has 0 radical (unpaired) electrons. The number of amides is 3. The van der Waals surface area contributed by atoms with E-state index in [9.17, 15) is 18.0 Å². The van der Waals surface area contributed by atoms with Gasteiger partial charge in [0, 0.05) is 23.2 Å². The Morgan fingerprint density at radius 3 is 2.31 bits per heavy atom. The minimum atomic E-state index is -3.63. The summed E-state index contributed by atoms with van der Waals surface area (Å²) in [4.78, 5) is 23.9. The quantitative estimate of drug-likeness (QED) is 0.431. The highest BCUT2D eigenvalue weighted by atomic mass is 79.9. The first-order valence-corrected chi connectivity index (χ1v) is 11.1. The lowest BCUT2D eigenvalue weighted by atomic mass is 10.2. The van der Waals surface area contributed by atoms with Crippen LogP contribution in [0, 0.1) is 13.8 Å². The van der Waals surface area contributed by atoms with Crippen molar-refractivity contribution in [2.24, 2.45) is 0 Å². The van der Waals surface area contributed by atoms with E-state index in [2.05, 4.69) is 36.6 Å². The van der Waals surface area contributed by atoms with E-state index in [1.54, 1.807) is 24.3 Å². The van der Waals surface area contributed by atoms with E-state index < -0.39 is 16.1 Å². The van der Waals surface area contributed by atoms with E-state index in [0.717, 1.165) is 15.6 Å². The van der Waals surface area contributed by atoms with E-state index in [1.807, 2.05) is 19.9 Å². The van der Waals surface area contributed by atoms with Gasteiger partial charge in [-0.2, -0.15) is 0 Å². The van der Waals surface area contributed by atoms with Gasteiger partial charge in [0.25, 0.3) is 0 Å². The highest BCUT2D eigenvalue weighted by Crippen LogP contribution is 2.19. The van der Waals surface area contributed by atoms with Crippen molar-refractivity contribution in [2.75, 3.05) is 25.0 Å². The normalized spacial score (nSPS) is 11.0. The van der Waals surface area contributed by atoms with Crippen LogP contribution < -0.4 is 20.7 Å². The Bertz CT molecular complexity index is 978. The SMILES string of the molecule is Cc1ccc(S(=O)(=O)NCCNC(=O)NCC(=O)Nc2ccc(Br)cc2C)cc1. The molecule has 0 atom stereocenters. The fourth-order valence-corrected chi connectivity index (χ4v) is 3.85. The Hall–Kier alpha value is -2.43. The van der Waals surface area contributed by atoms with Gasteiger partial charge in [0.2, 0.25) is 15.9 Å². The number of carbonyl (C=O) groups excluding carboxylic acids is 2. The summed E-state index contributed by atoms with van der Waals surface area (Å²) >= 11 is 3.35. The van der Waals surface area contributed by atoms with Gasteiger partial charge in [0.15, 0.2) is 0 Å². The predicted molar refractivity (Wildman–Crippen MR) is 115 cm³/mol. The molecule has 0 saturated heterocycles. The molecule has 10 heteroatoms.